The Labute approximate surface area is 104 Å². The van der Waals surface area contributed by atoms with Gasteiger partial charge in [0.05, 0.1) is 6.26 Å². The molecule has 0 spiro atoms. The highest BCUT2D eigenvalue weighted by atomic mass is 16.3. The first-order valence-electron chi connectivity index (χ1n) is 6.75. The Kier molecular flexibility index (Phi) is 4.63. The lowest BCUT2D eigenvalue weighted by Crippen LogP contribution is -2.40. The summed E-state index contributed by atoms with van der Waals surface area (Å²) in [6.45, 7) is 8.15. The second-order valence-electron chi connectivity index (χ2n) is 5.17. The Morgan fingerprint density at radius 3 is 3.24 bits per heavy atom. The summed E-state index contributed by atoms with van der Waals surface area (Å²) >= 11 is 0. The fourth-order valence-corrected chi connectivity index (χ4v) is 2.53. The van der Waals surface area contributed by atoms with Crippen LogP contribution in [0.3, 0.4) is 0 Å². The third-order valence-electron chi connectivity index (χ3n) is 3.64. The fraction of sp³-hybridized carbons (Fsp3) is 0.714. The molecule has 1 aromatic heterocycles. The monoisotopic (exact) mass is 236 g/mol. The highest BCUT2D eigenvalue weighted by molar-refractivity contribution is 4.98. The van der Waals surface area contributed by atoms with Crippen LogP contribution < -0.4 is 5.32 Å². The van der Waals surface area contributed by atoms with E-state index in [1.165, 1.54) is 25.9 Å². The molecule has 2 unspecified atom stereocenters. The molecule has 0 aromatic carbocycles. The van der Waals surface area contributed by atoms with Crippen molar-refractivity contribution >= 4 is 0 Å². The van der Waals surface area contributed by atoms with Gasteiger partial charge in [-0.1, -0.05) is 0 Å². The van der Waals surface area contributed by atoms with Gasteiger partial charge in [0.1, 0.15) is 5.76 Å². The maximum atomic E-state index is 5.39. The van der Waals surface area contributed by atoms with Crippen LogP contribution in [0.2, 0.25) is 0 Å². The normalized spacial score (nSPS) is 24.5. The number of hydrogen-bond acceptors (Lipinski definition) is 3. The molecule has 1 fully saturated rings. The van der Waals surface area contributed by atoms with Crippen molar-refractivity contribution in [3.63, 3.8) is 0 Å². The summed E-state index contributed by atoms with van der Waals surface area (Å²) in [7, 11) is 0. The highest BCUT2D eigenvalue weighted by Crippen LogP contribution is 2.12. The number of nitrogens with zero attached hydrogens (tertiary/aromatic N) is 1. The van der Waals surface area contributed by atoms with Gasteiger partial charge in [0.25, 0.3) is 0 Å². The Morgan fingerprint density at radius 1 is 1.59 bits per heavy atom. The van der Waals surface area contributed by atoms with E-state index in [0.717, 1.165) is 18.7 Å². The topological polar surface area (TPSA) is 28.4 Å². The smallest absolute Gasteiger partial charge is 0.103 e. The highest BCUT2D eigenvalue weighted by Gasteiger charge is 2.18. The summed E-state index contributed by atoms with van der Waals surface area (Å²) in [4.78, 5) is 2.60. The van der Waals surface area contributed by atoms with Crippen LogP contribution in [-0.4, -0.2) is 36.6 Å². The number of nitrogens with one attached hydrogen (secondary N) is 1. The van der Waals surface area contributed by atoms with Crippen LogP contribution >= 0.6 is 0 Å². The van der Waals surface area contributed by atoms with Crippen molar-refractivity contribution in [2.45, 2.75) is 45.2 Å². The van der Waals surface area contributed by atoms with Crippen molar-refractivity contribution in [1.82, 2.24) is 10.2 Å². The van der Waals surface area contributed by atoms with E-state index in [1.807, 2.05) is 6.07 Å². The largest absolute Gasteiger partial charge is 0.469 e. The minimum atomic E-state index is 0.614. The number of furan rings is 1. The Hall–Kier alpha value is -0.800. The van der Waals surface area contributed by atoms with Crippen molar-refractivity contribution in [1.29, 1.82) is 0 Å². The van der Waals surface area contributed by atoms with Crippen LogP contribution in [0, 0.1) is 0 Å². The SMILES string of the molecule is CC1CN(C(C)CCc2ccco2)CCCN1. The molecule has 1 N–H and O–H groups in total. The molecule has 0 saturated carbocycles. The molecule has 0 amide bonds. The Morgan fingerprint density at radius 2 is 2.47 bits per heavy atom. The standard InChI is InChI=1S/C14H24N2O/c1-12-11-16(9-4-8-15-12)13(2)6-7-14-5-3-10-17-14/h3,5,10,12-13,15H,4,6-9,11H2,1-2H3. The van der Waals surface area contributed by atoms with E-state index in [2.05, 4.69) is 30.1 Å². The van der Waals surface area contributed by atoms with Gasteiger partial charge in [0, 0.05) is 25.0 Å². The van der Waals surface area contributed by atoms with Gasteiger partial charge < -0.3 is 9.73 Å². The van der Waals surface area contributed by atoms with E-state index >= 15 is 0 Å². The molecule has 17 heavy (non-hydrogen) atoms. The fourth-order valence-electron chi connectivity index (χ4n) is 2.53. The van der Waals surface area contributed by atoms with E-state index < -0.39 is 0 Å². The predicted molar refractivity (Wildman–Crippen MR) is 70.1 cm³/mol. The zero-order chi connectivity index (χ0) is 12.1. The third-order valence-corrected chi connectivity index (χ3v) is 3.64. The Balaban J connectivity index is 1.79. The number of rotatable bonds is 4. The summed E-state index contributed by atoms with van der Waals surface area (Å²) in [5.41, 5.74) is 0. The van der Waals surface area contributed by atoms with E-state index in [-0.39, 0.29) is 0 Å². The lowest BCUT2D eigenvalue weighted by atomic mass is 10.1. The molecule has 2 rings (SSSR count). The van der Waals surface area contributed by atoms with Crippen LogP contribution in [-0.2, 0) is 6.42 Å². The van der Waals surface area contributed by atoms with Crippen molar-refractivity contribution in [3.8, 4) is 0 Å². The third kappa shape index (κ3) is 3.86. The molecular weight excluding hydrogens is 212 g/mol. The van der Waals surface area contributed by atoms with Crippen LogP contribution in [0.15, 0.2) is 22.8 Å². The first-order chi connectivity index (χ1) is 8.25. The number of hydrogen-bond donors (Lipinski definition) is 1. The molecule has 2 heterocycles. The van der Waals surface area contributed by atoms with Gasteiger partial charge in [0.15, 0.2) is 0 Å². The molecule has 3 nitrogen and oxygen atoms in total. The van der Waals surface area contributed by atoms with E-state index in [1.54, 1.807) is 6.26 Å². The second kappa shape index (κ2) is 6.22. The van der Waals surface area contributed by atoms with Gasteiger partial charge in [-0.05, 0) is 51.9 Å². The summed E-state index contributed by atoms with van der Waals surface area (Å²) in [6.07, 6.45) is 5.25. The minimum Gasteiger partial charge on any atom is -0.469 e. The maximum Gasteiger partial charge on any atom is 0.103 e. The first kappa shape index (κ1) is 12.7. The van der Waals surface area contributed by atoms with Gasteiger partial charge in [-0.15, -0.1) is 0 Å². The molecule has 1 aliphatic heterocycles. The number of aryl methyl sites for hydroxylation is 1. The van der Waals surface area contributed by atoms with E-state index in [0.29, 0.717) is 12.1 Å². The van der Waals surface area contributed by atoms with Gasteiger partial charge in [-0.2, -0.15) is 0 Å². The van der Waals surface area contributed by atoms with Crippen LogP contribution in [0.25, 0.3) is 0 Å². The molecule has 1 aliphatic rings. The van der Waals surface area contributed by atoms with Gasteiger partial charge in [-0.3, -0.25) is 4.90 Å². The van der Waals surface area contributed by atoms with Crippen molar-refractivity contribution in [2.24, 2.45) is 0 Å². The van der Waals surface area contributed by atoms with Gasteiger partial charge >= 0.3 is 0 Å². The van der Waals surface area contributed by atoms with Crippen LogP contribution in [0.4, 0.5) is 0 Å². The zero-order valence-electron chi connectivity index (χ0n) is 11.0. The lowest BCUT2D eigenvalue weighted by molar-refractivity contribution is 0.197. The van der Waals surface area contributed by atoms with Crippen molar-refractivity contribution in [3.05, 3.63) is 24.2 Å². The van der Waals surface area contributed by atoms with Gasteiger partial charge in [-0.25, -0.2) is 0 Å². The summed E-state index contributed by atoms with van der Waals surface area (Å²) < 4.78 is 5.39. The quantitative estimate of drug-likeness (QED) is 0.869. The maximum absolute atomic E-state index is 5.39. The summed E-state index contributed by atoms with van der Waals surface area (Å²) in [5, 5.41) is 3.54. The molecule has 0 bridgehead atoms. The van der Waals surface area contributed by atoms with E-state index in [4.69, 9.17) is 4.42 Å². The van der Waals surface area contributed by atoms with Crippen LogP contribution in [0.1, 0.15) is 32.4 Å². The van der Waals surface area contributed by atoms with Gasteiger partial charge in [0.2, 0.25) is 0 Å². The van der Waals surface area contributed by atoms with Crippen LogP contribution in [0.5, 0.6) is 0 Å². The van der Waals surface area contributed by atoms with Crippen molar-refractivity contribution < 1.29 is 4.42 Å². The minimum absolute atomic E-state index is 0.614. The molecule has 3 heteroatoms. The van der Waals surface area contributed by atoms with Crippen molar-refractivity contribution in [2.75, 3.05) is 19.6 Å². The zero-order valence-corrected chi connectivity index (χ0v) is 11.0. The van der Waals surface area contributed by atoms with E-state index in [9.17, 15) is 0 Å². The molecule has 1 aromatic rings. The second-order valence-corrected chi connectivity index (χ2v) is 5.17. The summed E-state index contributed by atoms with van der Waals surface area (Å²) in [5.74, 6) is 1.11. The molecular formula is C14H24N2O. The Bertz CT molecular complexity index is 310. The molecule has 0 aliphatic carbocycles. The first-order valence-corrected chi connectivity index (χ1v) is 6.75. The summed E-state index contributed by atoms with van der Waals surface area (Å²) in [6, 6.07) is 5.29. The average molecular weight is 236 g/mol. The molecule has 2 atom stereocenters. The molecule has 0 radical (unpaired) electrons. The molecule has 1 saturated heterocycles. The predicted octanol–water partition coefficient (Wildman–Crippen LogP) is 2.28. The molecule has 96 valence electrons. The lowest BCUT2D eigenvalue weighted by Gasteiger charge is -2.29. The average Bonchev–Trinajstić information content (AvgIpc) is 2.74.